The third-order valence-electron chi connectivity index (χ3n) is 3.68. The molecule has 5 nitrogen and oxygen atoms in total. The summed E-state index contributed by atoms with van der Waals surface area (Å²) in [5.74, 6) is 0.404. The molecule has 1 aromatic rings. The second-order valence-corrected chi connectivity index (χ2v) is 4.83. The summed E-state index contributed by atoms with van der Waals surface area (Å²) >= 11 is 0. The Morgan fingerprint density at radius 3 is 2.58 bits per heavy atom. The largest absolute Gasteiger partial charge is 0.464 e. The van der Waals surface area contributed by atoms with Gasteiger partial charge in [-0.05, 0) is 19.8 Å². The summed E-state index contributed by atoms with van der Waals surface area (Å²) in [5.41, 5.74) is 0.256. The Balaban J connectivity index is 2.12. The predicted octanol–water partition coefficient (Wildman–Crippen LogP) is 2.42. The molecule has 1 saturated carbocycles. The van der Waals surface area contributed by atoms with Crippen LogP contribution in [0.1, 0.15) is 49.5 Å². The molecule has 0 unspecified atom stereocenters. The minimum absolute atomic E-state index is 0.256. The number of hydrogen-bond acceptors (Lipinski definition) is 5. The maximum atomic E-state index is 11.3. The van der Waals surface area contributed by atoms with Crippen molar-refractivity contribution in [2.75, 3.05) is 18.6 Å². The summed E-state index contributed by atoms with van der Waals surface area (Å²) in [5, 5.41) is 0. The Kier molecular flexibility index (Phi) is 4.71. The number of rotatable bonds is 4. The summed E-state index contributed by atoms with van der Waals surface area (Å²) < 4.78 is 4.62. The van der Waals surface area contributed by atoms with E-state index in [1.807, 2.05) is 0 Å². The molecular formula is C14H21N3O2. The summed E-state index contributed by atoms with van der Waals surface area (Å²) in [7, 11) is 1.35. The van der Waals surface area contributed by atoms with Gasteiger partial charge < -0.3 is 9.64 Å². The molecule has 0 bridgehead atoms. The lowest BCUT2D eigenvalue weighted by Gasteiger charge is -2.34. The highest BCUT2D eigenvalue weighted by molar-refractivity contribution is 5.86. The molecule has 0 N–H and O–H groups in total. The van der Waals surface area contributed by atoms with Crippen LogP contribution in [0.15, 0.2) is 12.4 Å². The number of carbonyl (C=O) groups is 1. The van der Waals surface area contributed by atoms with E-state index in [4.69, 9.17) is 0 Å². The van der Waals surface area contributed by atoms with Crippen LogP contribution in [0.3, 0.4) is 0 Å². The van der Waals surface area contributed by atoms with E-state index in [9.17, 15) is 4.79 Å². The lowest BCUT2D eigenvalue weighted by molar-refractivity contribution is 0.0593. The molecule has 0 aromatic carbocycles. The van der Waals surface area contributed by atoms with Crippen LogP contribution in [0.25, 0.3) is 0 Å². The standard InChI is InChI=1S/C14H21N3O2/c1-3-17(11-7-5-4-6-8-11)13-10-15-12(9-16-13)14(18)19-2/h9-11H,3-8H2,1-2H3. The van der Waals surface area contributed by atoms with Crippen LogP contribution in [-0.4, -0.2) is 35.6 Å². The number of anilines is 1. The van der Waals surface area contributed by atoms with Crippen molar-refractivity contribution in [1.29, 1.82) is 0 Å². The SMILES string of the molecule is CCN(c1cnc(C(=O)OC)cn1)C1CCCCC1. The van der Waals surface area contributed by atoms with Crippen LogP contribution in [0.2, 0.25) is 0 Å². The van der Waals surface area contributed by atoms with Crippen LogP contribution < -0.4 is 4.90 Å². The fraction of sp³-hybridized carbons (Fsp3) is 0.643. The average molecular weight is 263 g/mol. The molecule has 0 spiro atoms. The Morgan fingerprint density at radius 1 is 1.32 bits per heavy atom. The molecule has 0 radical (unpaired) electrons. The fourth-order valence-electron chi connectivity index (χ4n) is 2.68. The van der Waals surface area contributed by atoms with Crippen molar-refractivity contribution in [1.82, 2.24) is 9.97 Å². The van der Waals surface area contributed by atoms with Crippen LogP contribution in [0.4, 0.5) is 5.82 Å². The highest BCUT2D eigenvalue weighted by atomic mass is 16.5. The number of methoxy groups -OCH3 is 1. The molecule has 1 aromatic heterocycles. The zero-order valence-electron chi connectivity index (χ0n) is 11.6. The van der Waals surface area contributed by atoms with Gasteiger partial charge >= 0.3 is 5.97 Å². The van der Waals surface area contributed by atoms with Crippen molar-refractivity contribution in [3.8, 4) is 0 Å². The highest BCUT2D eigenvalue weighted by Gasteiger charge is 2.21. The topological polar surface area (TPSA) is 55.3 Å². The molecule has 0 aliphatic heterocycles. The molecule has 104 valence electrons. The van der Waals surface area contributed by atoms with Gasteiger partial charge in [-0.1, -0.05) is 19.3 Å². The van der Waals surface area contributed by atoms with Gasteiger partial charge in [-0.25, -0.2) is 14.8 Å². The lowest BCUT2D eigenvalue weighted by Crippen LogP contribution is -2.37. The molecule has 1 aliphatic rings. The molecule has 1 aliphatic carbocycles. The average Bonchev–Trinajstić information content (AvgIpc) is 2.49. The van der Waals surface area contributed by atoms with E-state index in [1.165, 1.54) is 45.4 Å². The van der Waals surface area contributed by atoms with Crippen molar-refractivity contribution >= 4 is 11.8 Å². The molecule has 1 fully saturated rings. The molecule has 2 rings (SSSR count). The van der Waals surface area contributed by atoms with Gasteiger partial charge in [0.05, 0.1) is 19.5 Å². The second-order valence-electron chi connectivity index (χ2n) is 4.83. The summed E-state index contributed by atoms with van der Waals surface area (Å²) in [6, 6.07) is 0.553. The second kappa shape index (κ2) is 6.50. The summed E-state index contributed by atoms with van der Waals surface area (Å²) in [6.45, 7) is 3.04. The Bertz CT molecular complexity index is 413. The Morgan fingerprint density at radius 2 is 2.05 bits per heavy atom. The zero-order chi connectivity index (χ0) is 13.7. The number of ether oxygens (including phenoxy) is 1. The predicted molar refractivity (Wildman–Crippen MR) is 73.3 cm³/mol. The first kappa shape index (κ1) is 13.8. The minimum Gasteiger partial charge on any atom is -0.464 e. The van der Waals surface area contributed by atoms with E-state index in [0.29, 0.717) is 6.04 Å². The third kappa shape index (κ3) is 3.22. The maximum absolute atomic E-state index is 11.3. The monoisotopic (exact) mass is 263 g/mol. The minimum atomic E-state index is -0.445. The number of carbonyl (C=O) groups excluding carboxylic acids is 1. The van der Waals surface area contributed by atoms with Gasteiger partial charge in [-0.3, -0.25) is 0 Å². The summed E-state index contributed by atoms with van der Waals surface area (Å²) in [4.78, 5) is 22.1. The van der Waals surface area contributed by atoms with Gasteiger partial charge in [0.2, 0.25) is 0 Å². The zero-order valence-corrected chi connectivity index (χ0v) is 11.6. The number of nitrogens with zero attached hydrogens (tertiary/aromatic N) is 3. The number of esters is 1. The van der Waals surface area contributed by atoms with E-state index >= 15 is 0 Å². The van der Waals surface area contributed by atoms with Crippen molar-refractivity contribution in [2.45, 2.75) is 45.1 Å². The molecule has 0 amide bonds. The van der Waals surface area contributed by atoms with Crippen LogP contribution in [0, 0.1) is 0 Å². The molecule has 0 atom stereocenters. The van der Waals surface area contributed by atoms with Crippen molar-refractivity contribution in [3.63, 3.8) is 0 Å². The quantitative estimate of drug-likeness (QED) is 0.781. The van der Waals surface area contributed by atoms with Gasteiger partial charge in [0.1, 0.15) is 5.82 Å². The van der Waals surface area contributed by atoms with E-state index in [1.54, 1.807) is 6.20 Å². The molecule has 1 heterocycles. The van der Waals surface area contributed by atoms with E-state index < -0.39 is 5.97 Å². The van der Waals surface area contributed by atoms with Crippen LogP contribution >= 0.6 is 0 Å². The van der Waals surface area contributed by atoms with Gasteiger partial charge in [0, 0.05) is 12.6 Å². The first-order valence-electron chi connectivity index (χ1n) is 6.93. The lowest BCUT2D eigenvalue weighted by atomic mass is 9.94. The normalized spacial score (nSPS) is 16.1. The van der Waals surface area contributed by atoms with Gasteiger partial charge in [-0.15, -0.1) is 0 Å². The first-order valence-corrected chi connectivity index (χ1v) is 6.93. The van der Waals surface area contributed by atoms with E-state index in [-0.39, 0.29) is 5.69 Å². The third-order valence-corrected chi connectivity index (χ3v) is 3.68. The van der Waals surface area contributed by atoms with Crippen molar-refractivity contribution in [3.05, 3.63) is 18.1 Å². The molecular weight excluding hydrogens is 242 g/mol. The van der Waals surface area contributed by atoms with E-state index in [0.717, 1.165) is 12.4 Å². The smallest absolute Gasteiger partial charge is 0.358 e. The van der Waals surface area contributed by atoms with Crippen molar-refractivity contribution in [2.24, 2.45) is 0 Å². The maximum Gasteiger partial charge on any atom is 0.358 e. The van der Waals surface area contributed by atoms with Gasteiger partial charge in [0.15, 0.2) is 5.69 Å². The van der Waals surface area contributed by atoms with Gasteiger partial charge in [0.25, 0.3) is 0 Å². The first-order chi connectivity index (χ1) is 9.26. The van der Waals surface area contributed by atoms with Gasteiger partial charge in [-0.2, -0.15) is 0 Å². The highest BCUT2D eigenvalue weighted by Crippen LogP contribution is 2.25. The van der Waals surface area contributed by atoms with E-state index in [2.05, 4.69) is 26.5 Å². The molecule has 5 heteroatoms. The Labute approximate surface area is 114 Å². The fourth-order valence-corrected chi connectivity index (χ4v) is 2.68. The van der Waals surface area contributed by atoms with Crippen LogP contribution in [0.5, 0.6) is 0 Å². The molecule has 19 heavy (non-hydrogen) atoms. The number of hydrogen-bond donors (Lipinski definition) is 0. The van der Waals surface area contributed by atoms with Crippen LogP contribution in [-0.2, 0) is 4.74 Å². The van der Waals surface area contributed by atoms with Crippen molar-refractivity contribution < 1.29 is 9.53 Å². The number of aromatic nitrogens is 2. The summed E-state index contributed by atoms with van der Waals surface area (Å²) in [6.07, 6.45) is 9.50. The Hall–Kier alpha value is -1.65. The molecule has 0 saturated heterocycles.